The molecule has 8 nitrogen and oxygen atoms in total. The number of rotatable bonds is 6. The van der Waals surface area contributed by atoms with Crippen LogP contribution in [-0.4, -0.2) is 56.5 Å². The van der Waals surface area contributed by atoms with E-state index in [9.17, 15) is 4.79 Å². The number of anilines is 2. The Morgan fingerprint density at radius 1 is 1.03 bits per heavy atom. The number of likely N-dealkylation sites (tertiary alicyclic amines) is 1. The topological polar surface area (TPSA) is 71.2 Å². The van der Waals surface area contributed by atoms with E-state index >= 15 is 0 Å². The lowest BCUT2D eigenvalue weighted by molar-refractivity contribution is 0.152. The average molecular weight is 448 g/mol. The Balaban J connectivity index is 1.21. The van der Waals surface area contributed by atoms with Crippen LogP contribution in [0.5, 0.6) is 0 Å². The summed E-state index contributed by atoms with van der Waals surface area (Å²) < 4.78 is 3.70. The summed E-state index contributed by atoms with van der Waals surface area (Å²) >= 11 is 0. The summed E-state index contributed by atoms with van der Waals surface area (Å²) in [5, 5.41) is 3.48. The fraction of sp³-hybridized carbons (Fsp3) is 0.480. The van der Waals surface area contributed by atoms with Crippen LogP contribution in [0.4, 0.5) is 11.8 Å². The first-order valence-electron chi connectivity index (χ1n) is 12.0. The summed E-state index contributed by atoms with van der Waals surface area (Å²) in [5.41, 5.74) is 2.82. The van der Waals surface area contributed by atoms with Crippen LogP contribution in [0.2, 0.25) is 0 Å². The highest BCUT2D eigenvalue weighted by molar-refractivity contribution is 5.43. The molecule has 2 fully saturated rings. The maximum atomic E-state index is 13.1. The summed E-state index contributed by atoms with van der Waals surface area (Å²) in [6.45, 7) is 6.57. The van der Waals surface area contributed by atoms with Crippen molar-refractivity contribution in [3.63, 3.8) is 0 Å². The van der Waals surface area contributed by atoms with Gasteiger partial charge in [0, 0.05) is 51.7 Å². The Morgan fingerprint density at radius 3 is 2.48 bits per heavy atom. The van der Waals surface area contributed by atoms with Gasteiger partial charge in [0.15, 0.2) is 0 Å². The first-order valence-corrected chi connectivity index (χ1v) is 12.0. The van der Waals surface area contributed by atoms with Crippen molar-refractivity contribution < 1.29 is 0 Å². The van der Waals surface area contributed by atoms with Gasteiger partial charge in [-0.3, -0.25) is 14.4 Å². The van der Waals surface area contributed by atoms with Crippen LogP contribution in [0.15, 0.2) is 47.4 Å². The number of hydrogen-bond donors (Lipinski definition) is 1. The second-order valence-electron chi connectivity index (χ2n) is 9.22. The number of hydrogen-bond acceptors (Lipinski definition) is 6. The van der Waals surface area contributed by atoms with Crippen LogP contribution in [0.3, 0.4) is 0 Å². The van der Waals surface area contributed by atoms with E-state index in [1.165, 1.54) is 25.7 Å². The maximum Gasteiger partial charge on any atom is 0.276 e. The lowest BCUT2D eigenvalue weighted by atomic mass is 10.1. The number of nitrogens with one attached hydrogen (secondary N) is 1. The maximum absolute atomic E-state index is 13.1. The molecule has 0 bridgehead atoms. The predicted octanol–water partition coefficient (Wildman–Crippen LogP) is 2.95. The molecule has 0 aliphatic carbocycles. The highest BCUT2D eigenvalue weighted by atomic mass is 16.1. The van der Waals surface area contributed by atoms with Crippen LogP contribution < -0.4 is 15.8 Å². The Labute approximate surface area is 194 Å². The molecule has 0 spiro atoms. The van der Waals surface area contributed by atoms with Gasteiger partial charge in [-0.05, 0) is 38.0 Å². The van der Waals surface area contributed by atoms with Gasteiger partial charge in [0.05, 0.1) is 17.3 Å². The van der Waals surface area contributed by atoms with Crippen LogP contribution in [0.25, 0.3) is 5.69 Å². The minimum absolute atomic E-state index is 0.0612. The van der Waals surface area contributed by atoms with E-state index in [-0.39, 0.29) is 5.56 Å². The molecular weight excluding hydrogens is 414 g/mol. The fourth-order valence-corrected chi connectivity index (χ4v) is 4.90. The van der Waals surface area contributed by atoms with Gasteiger partial charge in [0.1, 0.15) is 5.82 Å². The molecule has 0 atom stereocenters. The average Bonchev–Trinajstić information content (AvgIpc) is 3.01. The normalized spacial score (nSPS) is 17.6. The highest BCUT2D eigenvalue weighted by Gasteiger charge is 2.29. The Kier molecular flexibility index (Phi) is 6.17. The summed E-state index contributed by atoms with van der Waals surface area (Å²) in [5.74, 6) is 1.72. The third kappa shape index (κ3) is 4.53. The molecule has 3 aromatic rings. The van der Waals surface area contributed by atoms with E-state index in [1.54, 1.807) is 4.68 Å². The molecule has 5 rings (SSSR count). The summed E-state index contributed by atoms with van der Waals surface area (Å²) in [6.07, 6.45) is 6.93. The van der Waals surface area contributed by atoms with E-state index in [4.69, 9.17) is 4.98 Å². The van der Waals surface area contributed by atoms with Crippen molar-refractivity contribution in [3.05, 3.63) is 64.2 Å². The van der Waals surface area contributed by atoms with Crippen LogP contribution in [0, 0.1) is 6.92 Å². The second kappa shape index (κ2) is 9.39. The van der Waals surface area contributed by atoms with E-state index < -0.39 is 0 Å². The molecule has 33 heavy (non-hydrogen) atoms. The smallest absolute Gasteiger partial charge is 0.276 e. The number of para-hydroxylation sites is 1. The third-order valence-corrected chi connectivity index (χ3v) is 6.92. The standard InChI is InChI=1S/C25H33N7O/c1-19-22(24(33)32(29(19)2)21-10-6-5-7-11-21)18-30-16-20(17-30)27-25-26-13-12-23(28-25)31-14-8-3-4-9-15-31/h5-7,10-13,20H,3-4,8-9,14-18H2,1-2H3,(H,26,27,28). The first-order chi connectivity index (χ1) is 16.1. The monoisotopic (exact) mass is 447 g/mol. The minimum Gasteiger partial charge on any atom is -0.356 e. The van der Waals surface area contributed by atoms with Gasteiger partial charge < -0.3 is 10.2 Å². The van der Waals surface area contributed by atoms with Crippen LogP contribution in [0.1, 0.15) is 36.9 Å². The number of nitrogens with zero attached hydrogens (tertiary/aromatic N) is 6. The Hall–Kier alpha value is -3.13. The molecule has 0 radical (unpaired) electrons. The van der Waals surface area contributed by atoms with Crippen molar-refractivity contribution in [3.8, 4) is 5.69 Å². The van der Waals surface area contributed by atoms with Gasteiger partial charge >= 0.3 is 0 Å². The molecule has 1 aromatic carbocycles. The molecule has 2 aliphatic rings. The zero-order chi connectivity index (χ0) is 22.8. The van der Waals surface area contributed by atoms with Crippen molar-refractivity contribution in [2.75, 3.05) is 36.4 Å². The molecule has 0 amide bonds. The van der Waals surface area contributed by atoms with Crippen molar-refractivity contribution in [2.45, 2.75) is 45.2 Å². The zero-order valence-corrected chi connectivity index (χ0v) is 19.6. The van der Waals surface area contributed by atoms with Gasteiger partial charge in [-0.25, -0.2) is 9.67 Å². The van der Waals surface area contributed by atoms with Gasteiger partial charge in [-0.2, -0.15) is 4.98 Å². The molecule has 1 N–H and O–H groups in total. The lowest BCUT2D eigenvalue weighted by Crippen LogP contribution is -2.54. The van der Waals surface area contributed by atoms with Gasteiger partial charge in [0.2, 0.25) is 5.95 Å². The van der Waals surface area contributed by atoms with Crippen molar-refractivity contribution in [1.29, 1.82) is 0 Å². The van der Waals surface area contributed by atoms with Gasteiger partial charge in [0.25, 0.3) is 5.56 Å². The predicted molar refractivity (Wildman–Crippen MR) is 131 cm³/mol. The molecule has 174 valence electrons. The largest absolute Gasteiger partial charge is 0.356 e. The summed E-state index contributed by atoms with van der Waals surface area (Å²) in [7, 11) is 1.95. The first kappa shape index (κ1) is 21.7. The van der Waals surface area contributed by atoms with E-state index in [2.05, 4.69) is 20.1 Å². The van der Waals surface area contributed by atoms with Crippen LogP contribution in [-0.2, 0) is 13.6 Å². The molecule has 8 heteroatoms. The lowest BCUT2D eigenvalue weighted by Gasteiger charge is -2.39. The number of benzene rings is 1. The van der Waals surface area contributed by atoms with E-state index in [0.29, 0.717) is 18.5 Å². The third-order valence-electron chi connectivity index (χ3n) is 6.92. The quantitative estimate of drug-likeness (QED) is 0.627. The summed E-state index contributed by atoms with van der Waals surface area (Å²) in [6, 6.07) is 12.1. The van der Waals surface area contributed by atoms with Crippen molar-refractivity contribution >= 4 is 11.8 Å². The number of aromatic nitrogens is 4. The molecule has 0 unspecified atom stereocenters. The van der Waals surface area contributed by atoms with Crippen molar-refractivity contribution in [1.82, 2.24) is 24.2 Å². The highest BCUT2D eigenvalue weighted by Crippen LogP contribution is 2.21. The molecule has 0 saturated carbocycles. The van der Waals surface area contributed by atoms with E-state index in [0.717, 1.165) is 48.9 Å². The minimum atomic E-state index is 0.0612. The van der Waals surface area contributed by atoms with Gasteiger partial charge in [-0.1, -0.05) is 31.0 Å². The SMILES string of the molecule is Cc1c(CN2CC(Nc3nccc(N4CCCCCC4)n3)C2)c(=O)n(-c2ccccc2)n1C. The molecule has 4 heterocycles. The van der Waals surface area contributed by atoms with E-state index in [1.807, 2.05) is 61.2 Å². The molecule has 2 aromatic heterocycles. The molecular formula is C25H33N7O. The summed E-state index contributed by atoms with van der Waals surface area (Å²) in [4.78, 5) is 27.0. The van der Waals surface area contributed by atoms with Crippen LogP contribution >= 0.6 is 0 Å². The Morgan fingerprint density at radius 2 is 1.76 bits per heavy atom. The molecule has 2 aliphatic heterocycles. The fourth-order valence-electron chi connectivity index (χ4n) is 4.90. The van der Waals surface area contributed by atoms with Crippen molar-refractivity contribution in [2.24, 2.45) is 7.05 Å². The Bertz CT molecular complexity index is 1140. The second-order valence-corrected chi connectivity index (χ2v) is 9.22. The zero-order valence-electron chi connectivity index (χ0n) is 19.6. The van der Waals surface area contributed by atoms with Gasteiger partial charge in [-0.15, -0.1) is 0 Å². The molecule has 2 saturated heterocycles.